The van der Waals surface area contributed by atoms with Gasteiger partial charge in [-0.25, -0.2) is 0 Å². The van der Waals surface area contributed by atoms with Gasteiger partial charge in [0.15, 0.2) is 0 Å². The van der Waals surface area contributed by atoms with Crippen molar-refractivity contribution in [3.63, 3.8) is 0 Å². The molecule has 0 aliphatic carbocycles. The Morgan fingerprint density at radius 2 is 2.24 bits per heavy atom. The molecule has 0 radical (unpaired) electrons. The van der Waals surface area contributed by atoms with E-state index >= 15 is 0 Å². The van der Waals surface area contributed by atoms with Crippen LogP contribution in [0.15, 0.2) is 18.2 Å². The van der Waals surface area contributed by atoms with Crippen LogP contribution in [0.4, 0.5) is 5.69 Å². The molecule has 21 heavy (non-hydrogen) atoms. The summed E-state index contributed by atoms with van der Waals surface area (Å²) in [6.07, 6.45) is 2.47. The van der Waals surface area contributed by atoms with Crippen molar-refractivity contribution in [2.24, 2.45) is 5.41 Å². The van der Waals surface area contributed by atoms with Gasteiger partial charge in [-0.2, -0.15) is 0 Å². The molecule has 1 aromatic rings. The summed E-state index contributed by atoms with van der Waals surface area (Å²) < 4.78 is 0. The van der Waals surface area contributed by atoms with Crippen LogP contribution in [0.5, 0.6) is 0 Å². The quantitative estimate of drug-likeness (QED) is 0.893. The van der Waals surface area contributed by atoms with Gasteiger partial charge < -0.3 is 10.6 Å². The van der Waals surface area contributed by atoms with Crippen LogP contribution in [0, 0.1) is 19.3 Å². The third-order valence-corrected chi connectivity index (χ3v) is 4.87. The zero-order chi connectivity index (χ0) is 14.9. The van der Waals surface area contributed by atoms with Crippen molar-refractivity contribution in [2.45, 2.75) is 26.7 Å². The number of carbonyl (C=O) groups is 1. The third kappa shape index (κ3) is 3.27. The molecule has 2 saturated heterocycles. The molecule has 0 saturated carbocycles. The molecule has 1 unspecified atom stereocenters. The number of rotatable bonds is 3. The first-order valence-electron chi connectivity index (χ1n) is 7.87. The predicted octanol–water partition coefficient (Wildman–Crippen LogP) is 1.93. The Balaban J connectivity index is 1.55. The summed E-state index contributed by atoms with van der Waals surface area (Å²) in [6.45, 7) is 8.96. The number of anilines is 1. The van der Waals surface area contributed by atoms with E-state index in [-0.39, 0.29) is 5.91 Å². The fourth-order valence-corrected chi connectivity index (χ4v) is 3.65. The number of hydrogen-bond acceptors (Lipinski definition) is 3. The van der Waals surface area contributed by atoms with Gasteiger partial charge in [0.2, 0.25) is 5.91 Å². The smallest absolute Gasteiger partial charge is 0.238 e. The molecular formula is C17H25N3O. The lowest BCUT2D eigenvalue weighted by Crippen LogP contribution is -2.34. The van der Waals surface area contributed by atoms with Gasteiger partial charge in [0.05, 0.1) is 6.54 Å². The summed E-state index contributed by atoms with van der Waals surface area (Å²) >= 11 is 0. The summed E-state index contributed by atoms with van der Waals surface area (Å²) in [7, 11) is 0. The lowest BCUT2D eigenvalue weighted by Gasteiger charge is -2.22. The zero-order valence-electron chi connectivity index (χ0n) is 13.0. The number of amides is 1. The van der Waals surface area contributed by atoms with Gasteiger partial charge in [-0.05, 0) is 56.8 Å². The second-order valence-electron chi connectivity index (χ2n) is 6.75. The molecule has 1 amide bonds. The molecular weight excluding hydrogens is 262 g/mol. The maximum absolute atomic E-state index is 12.2. The standard InChI is InChI=1S/C17H25N3O/c1-13-3-4-15(14(2)9-13)19-16(21)10-20-8-6-17(12-20)5-7-18-11-17/h3-4,9,18H,5-8,10-12H2,1-2H3,(H,19,21). The number of benzene rings is 1. The fraction of sp³-hybridized carbons (Fsp3) is 0.588. The Morgan fingerprint density at radius 3 is 2.95 bits per heavy atom. The molecule has 2 fully saturated rings. The molecule has 0 aromatic heterocycles. The number of aryl methyl sites for hydroxylation is 2. The van der Waals surface area contributed by atoms with Gasteiger partial charge in [-0.1, -0.05) is 17.7 Å². The summed E-state index contributed by atoms with van der Waals surface area (Å²) in [6, 6.07) is 6.14. The second-order valence-corrected chi connectivity index (χ2v) is 6.75. The fourth-order valence-electron chi connectivity index (χ4n) is 3.65. The van der Waals surface area contributed by atoms with E-state index in [4.69, 9.17) is 0 Å². The van der Waals surface area contributed by atoms with Gasteiger partial charge in [0, 0.05) is 18.8 Å². The molecule has 1 atom stereocenters. The van der Waals surface area contributed by atoms with E-state index in [2.05, 4.69) is 28.5 Å². The van der Waals surface area contributed by atoms with Crippen LogP contribution in [0.2, 0.25) is 0 Å². The average Bonchev–Trinajstić information content (AvgIpc) is 3.04. The molecule has 2 heterocycles. The largest absolute Gasteiger partial charge is 0.325 e. The Morgan fingerprint density at radius 1 is 1.38 bits per heavy atom. The topological polar surface area (TPSA) is 44.4 Å². The molecule has 3 rings (SSSR count). The van der Waals surface area contributed by atoms with E-state index < -0.39 is 0 Å². The number of hydrogen-bond donors (Lipinski definition) is 2. The van der Waals surface area contributed by atoms with E-state index in [1.165, 1.54) is 18.4 Å². The van der Waals surface area contributed by atoms with Crippen molar-refractivity contribution in [3.8, 4) is 0 Å². The van der Waals surface area contributed by atoms with Crippen molar-refractivity contribution in [3.05, 3.63) is 29.3 Å². The van der Waals surface area contributed by atoms with Crippen molar-refractivity contribution in [1.29, 1.82) is 0 Å². The highest BCUT2D eigenvalue weighted by molar-refractivity contribution is 5.93. The molecule has 2 aliphatic heterocycles. The average molecular weight is 287 g/mol. The van der Waals surface area contributed by atoms with Crippen LogP contribution >= 0.6 is 0 Å². The van der Waals surface area contributed by atoms with Crippen LogP contribution in [0.25, 0.3) is 0 Å². The lowest BCUT2D eigenvalue weighted by molar-refractivity contribution is -0.117. The molecule has 4 heteroatoms. The predicted molar refractivity (Wildman–Crippen MR) is 85.5 cm³/mol. The van der Waals surface area contributed by atoms with Gasteiger partial charge in [-0.3, -0.25) is 9.69 Å². The summed E-state index contributed by atoms with van der Waals surface area (Å²) in [5.74, 6) is 0.102. The number of likely N-dealkylation sites (tertiary alicyclic amines) is 1. The molecule has 2 aliphatic rings. The van der Waals surface area contributed by atoms with Crippen molar-refractivity contribution in [1.82, 2.24) is 10.2 Å². The number of nitrogens with one attached hydrogen (secondary N) is 2. The van der Waals surface area contributed by atoms with Gasteiger partial charge in [0.25, 0.3) is 0 Å². The normalized spacial score (nSPS) is 25.6. The van der Waals surface area contributed by atoms with Gasteiger partial charge >= 0.3 is 0 Å². The Hall–Kier alpha value is -1.39. The van der Waals surface area contributed by atoms with Crippen LogP contribution in [0.1, 0.15) is 24.0 Å². The maximum Gasteiger partial charge on any atom is 0.238 e. The van der Waals surface area contributed by atoms with Crippen LogP contribution < -0.4 is 10.6 Å². The number of nitrogens with zero attached hydrogens (tertiary/aromatic N) is 1. The molecule has 4 nitrogen and oxygen atoms in total. The van der Waals surface area contributed by atoms with E-state index in [0.717, 1.165) is 37.4 Å². The highest BCUT2D eigenvalue weighted by atomic mass is 16.2. The highest BCUT2D eigenvalue weighted by Crippen LogP contribution is 2.35. The van der Waals surface area contributed by atoms with E-state index in [1.54, 1.807) is 0 Å². The van der Waals surface area contributed by atoms with Crippen LogP contribution in [-0.4, -0.2) is 43.5 Å². The lowest BCUT2D eigenvalue weighted by atomic mass is 9.87. The minimum absolute atomic E-state index is 0.102. The van der Waals surface area contributed by atoms with E-state index in [9.17, 15) is 4.79 Å². The first kappa shape index (κ1) is 14.5. The minimum atomic E-state index is 0.102. The molecule has 1 spiro atoms. The van der Waals surface area contributed by atoms with Gasteiger partial charge in [0.1, 0.15) is 0 Å². The number of carbonyl (C=O) groups excluding carboxylic acids is 1. The van der Waals surface area contributed by atoms with Crippen LogP contribution in [0.3, 0.4) is 0 Å². The summed E-state index contributed by atoms with van der Waals surface area (Å²) in [4.78, 5) is 14.5. The van der Waals surface area contributed by atoms with Crippen molar-refractivity contribution in [2.75, 3.05) is 38.0 Å². The van der Waals surface area contributed by atoms with Gasteiger partial charge in [-0.15, -0.1) is 0 Å². The molecule has 0 bridgehead atoms. The maximum atomic E-state index is 12.2. The highest BCUT2D eigenvalue weighted by Gasteiger charge is 2.40. The minimum Gasteiger partial charge on any atom is -0.325 e. The summed E-state index contributed by atoms with van der Waals surface area (Å²) in [5.41, 5.74) is 3.71. The zero-order valence-corrected chi connectivity index (χ0v) is 13.0. The Kier molecular flexibility index (Phi) is 4.00. The Bertz CT molecular complexity index is 535. The molecule has 114 valence electrons. The third-order valence-electron chi connectivity index (χ3n) is 4.87. The van der Waals surface area contributed by atoms with Crippen molar-refractivity contribution >= 4 is 11.6 Å². The summed E-state index contributed by atoms with van der Waals surface area (Å²) in [5, 5.41) is 6.50. The SMILES string of the molecule is Cc1ccc(NC(=O)CN2CCC3(CCNC3)C2)c(C)c1. The van der Waals surface area contributed by atoms with Crippen molar-refractivity contribution < 1.29 is 4.79 Å². The van der Waals surface area contributed by atoms with Crippen LogP contribution in [-0.2, 0) is 4.79 Å². The van der Waals surface area contributed by atoms with E-state index in [0.29, 0.717) is 12.0 Å². The van der Waals surface area contributed by atoms with E-state index in [1.807, 2.05) is 19.1 Å². The first-order chi connectivity index (χ1) is 10.1. The Labute approximate surface area is 126 Å². The molecule has 2 N–H and O–H groups in total. The monoisotopic (exact) mass is 287 g/mol. The molecule has 1 aromatic carbocycles. The second kappa shape index (κ2) is 5.78. The first-order valence-corrected chi connectivity index (χ1v) is 7.87.